The summed E-state index contributed by atoms with van der Waals surface area (Å²) in [7, 11) is -3.60. The Labute approximate surface area is 143 Å². The number of carbonyl (C=O) groups is 1. The molecule has 0 saturated heterocycles. The van der Waals surface area contributed by atoms with E-state index in [0.29, 0.717) is 22.5 Å². The van der Waals surface area contributed by atoms with Gasteiger partial charge < -0.3 is 5.32 Å². The summed E-state index contributed by atoms with van der Waals surface area (Å²) in [5.74, 6) is -0.603. The summed E-state index contributed by atoms with van der Waals surface area (Å²) >= 11 is 0. The average Bonchev–Trinajstić information content (AvgIpc) is 3.10. The zero-order valence-corrected chi connectivity index (χ0v) is 13.7. The number of sulfonamides is 1. The molecule has 0 radical (unpaired) electrons. The molecule has 9 nitrogen and oxygen atoms in total. The predicted molar refractivity (Wildman–Crippen MR) is 90.4 cm³/mol. The molecule has 3 rings (SSSR count). The second-order valence-corrected chi connectivity index (χ2v) is 6.84. The Hall–Kier alpha value is -3.11. The van der Waals surface area contributed by atoms with Crippen LogP contribution in [0.2, 0.25) is 0 Å². The number of carbonyl (C=O) groups excluding carboxylic acids is 1. The minimum absolute atomic E-state index is 0.261. The van der Waals surface area contributed by atoms with Gasteiger partial charge in [0.1, 0.15) is 6.33 Å². The van der Waals surface area contributed by atoms with Crippen LogP contribution in [0, 0.1) is 0 Å². The number of benzene rings is 2. The molecule has 0 aliphatic heterocycles. The van der Waals surface area contributed by atoms with Crippen molar-refractivity contribution in [3.8, 4) is 5.69 Å². The van der Waals surface area contributed by atoms with Gasteiger partial charge in [-0.05, 0) is 40.3 Å². The number of primary sulfonamides is 1. The highest BCUT2D eigenvalue weighted by molar-refractivity contribution is 7.88. The van der Waals surface area contributed by atoms with E-state index in [9.17, 15) is 13.2 Å². The number of nitrogens with zero attached hydrogens (tertiary/aromatic N) is 4. The van der Waals surface area contributed by atoms with E-state index in [-0.39, 0.29) is 11.7 Å². The largest absolute Gasteiger partial charge is 0.322 e. The van der Waals surface area contributed by atoms with Crippen LogP contribution in [-0.2, 0) is 15.8 Å². The van der Waals surface area contributed by atoms with E-state index in [1.165, 1.54) is 11.0 Å². The lowest BCUT2D eigenvalue weighted by Crippen LogP contribution is -2.16. The molecule has 1 heterocycles. The maximum absolute atomic E-state index is 12.5. The lowest BCUT2D eigenvalue weighted by Gasteiger charge is -2.10. The predicted octanol–water partition coefficient (Wildman–Crippen LogP) is 0.703. The van der Waals surface area contributed by atoms with Crippen LogP contribution in [-0.4, -0.2) is 34.5 Å². The molecule has 3 N–H and O–H groups in total. The molecule has 1 amide bonds. The molecule has 0 spiro atoms. The maximum atomic E-state index is 12.5. The fourth-order valence-corrected chi connectivity index (χ4v) is 2.91. The van der Waals surface area contributed by atoms with Gasteiger partial charge in [0, 0.05) is 5.69 Å². The van der Waals surface area contributed by atoms with E-state index in [1.54, 1.807) is 48.5 Å². The summed E-state index contributed by atoms with van der Waals surface area (Å²) in [5.41, 5.74) is 1.99. The van der Waals surface area contributed by atoms with Crippen LogP contribution < -0.4 is 10.5 Å². The highest BCUT2D eigenvalue weighted by atomic mass is 32.2. The molecule has 2 aromatic carbocycles. The van der Waals surface area contributed by atoms with Crippen molar-refractivity contribution < 1.29 is 13.2 Å². The van der Waals surface area contributed by atoms with Crippen molar-refractivity contribution in [2.45, 2.75) is 5.75 Å². The van der Waals surface area contributed by atoms with Crippen molar-refractivity contribution in [3.63, 3.8) is 0 Å². The monoisotopic (exact) mass is 358 g/mol. The first-order valence-electron chi connectivity index (χ1n) is 7.15. The number of hydrogen-bond donors (Lipinski definition) is 2. The molecule has 0 aliphatic rings. The quantitative estimate of drug-likeness (QED) is 0.690. The summed E-state index contributed by atoms with van der Waals surface area (Å²) in [4.78, 5) is 12.5. The first-order chi connectivity index (χ1) is 11.9. The number of tetrazole rings is 1. The fourth-order valence-electron chi connectivity index (χ4n) is 2.25. The van der Waals surface area contributed by atoms with E-state index >= 15 is 0 Å². The first-order valence-corrected chi connectivity index (χ1v) is 8.87. The van der Waals surface area contributed by atoms with Gasteiger partial charge in [-0.2, -0.15) is 4.68 Å². The highest BCUT2D eigenvalue weighted by Gasteiger charge is 2.13. The van der Waals surface area contributed by atoms with Gasteiger partial charge >= 0.3 is 0 Å². The number of nitrogens with one attached hydrogen (secondary N) is 1. The summed E-state index contributed by atoms with van der Waals surface area (Å²) in [6.45, 7) is 0. The Morgan fingerprint density at radius 1 is 1.12 bits per heavy atom. The van der Waals surface area contributed by atoms with Crippen LogP contribution in [0.4, 0.5) is 5.69 Å². The molecule has 0 bridgehead atoms. The highest BCUT2D eigenvalue weighted by Crippen LogP contribution is 2.16. The normalized spacial score (nSPS) is 11.2. The lowest BCUT2D eigenvalue weighted by atomic mass is 10.1. The van der Waals surface area contributed by atoms with Crippen LogP contribution in [0.3, 0.4) is 0 Å². The molecule has 10 heteroatoms. The maximum Gasteiger partial charge on any atom is 0.257 e. The van der Waals surface area contributed by atoms with Gasteiger partial charge in [0.05, 0.1) is 17.0 Å². The Morgan fingerprint density at radius 2 is 1.84 bits per heavy atom. The smallest absolute Gasteiger partial charge is 0.257 e. The number of anilines is 1. The number of rotatable bonds is 5. The van der Waals surface area contributed by atoms with Gasteiger partial charge in [-0.15, -0.1) is 5.10 Å². The van der Waals surface area contributed by atoms with Gasteiger partial charge in [0.15, 0.2) is 0 Å². The second kappa shape index (κ2) is 6.79. The average molecular weight is 358 g/mol. The first kappa shape index (κ1) is 16.7. The minimum atomic E-state index is -3.60. The van der Waals surface area contributed by atoms with Crippen LogP contribution in [0.15, 0.2) is 54.9 Å². The van der Waals surface area contributed by atoms with Gasteiger partial charge in [-0.25, -0.2) is 13.6 Å². The van der Waals surface area contributed by atoms with Crippen LogP contribution in [0.25, 0.3) is 5.69 Å². The molecular weight excluding hydrogens is 344 g/mol. The zero-order valence-electron chi connectivity index (χ0n) is 12.9. The Morgan fingerprint density at radius 3 is 2.48 bits per heavy atom. The number of hydrogen-bond acceptors (Lipinski definition) is 6. The number of nitrogens with two attached hydrogens (primary N) is 1. The topological polar surface area (TPSA) is 133 Å². The molecule has 0 unspecified atom stereocenters. The Bertz CT molecular complexity index is 984. The summed E-state index contributed by atoms with van der Waals surface area (Å²) in [6.07, 6.45) is 1.40. The molecule has 25 heavy (non-hydrogen) atoms. The van der Waals surface area contributed by atoms with Crippen molar-refractivity contribution >= 4 is 21.6 Å². The van der Waals surface area contributed by atoms with Gasteiger partial charge in [0.2, 0.25) is 10.0 Å². The van der Waals surface area contributed by atoms with E-state index in [0.717, 1.165) is 0 Å². The zero-order chi connectivity index (χ0) is 17.9. The molecule has 0 atom stereocenters. The molecule has 0 fully saturated rings. The van der Waals surface area contributed by atoms with Crippen LogP contribution in [0.1, 0.15) is 15.9 Å². The lowest BCUT2D eigenvalue weighted by molar-refractivity contribution is 0.102. The summed E-state index contributed by atoms with van der Waals surface area (Å²) < 4.78 is 23.6. The standard InChI is InChI=1S/C15H14N6O3S/c16-25(23,24)9-11-5-7-12(8-6-11)18-15(22)13-3-1-2-4-14(13)21-10-17-19-20-21/h1-8,10H,9H2,(H,18,22)(H2,16,23,24). The molecule has 3 aromatic rings. The van der Waals surface area contributed by atoms with Gasteiger partial charge in [0.25, 0.3) is 5.91 Å². The van der Waals surface area contributed by atoms with Crippen molar-refractivity contribution in [2.24, 2.45) is 5.14 Å². The Balaban J connectivity index is 1.79. The number of amides is 1. The third-order valence-corrected chi connectivity index (χ3v) is 4.06. The van der Waals surface area contributed by atoms with Crippen molar-refractivity contribution in [3.05, 3.63) is 66.0 Å². The molecule has 1 aromatic heterocycles. The molecular formula is C15H14N6O3S. The summed E-state index contributed by atoms with van der Waals surface area (Å²) in [5, 5.41) is 18.7. The van der Waals surface area contributed by atoms with E-state index in [4.69, 9.17) is 5.14 Å². The SMILES string of the molecule is NS(=O)(=O)Cc1ccc(NC(=O)c2ccccc2-n2cnnn2)cc1. The van der Waals surface area contributed by atoms with Crippen LogP contribution >= 0.6 is 0 Å². The van der Waals surface area contributed by atoms with E-state index in [2.05, 4.69) is 20.8 Å². The minimum Gasteiger partial charge on any atom is -0.322 e. The molecule has 0 saturated carbocycles. The van der Waals surface area contributed by atoms with Crippen molar-refractivity contribution in [2.75, 3.05) is 5.32 Å². The van der Waals surface area contributed by atoms with Crippen molar-refractivity contribution in [1.29, 1.82) is 0 Å². The second-order valence-electron chi connectivity index (χ2n) is 5.23. The number of para-hydroxylation sites is 1. The van der Waals surface area contributed by atoms with E-state index in [1.807, 2.05) is 0 Å². The van der Waals surface area contributed by atoms with E-state index < -0.39 is 10.0 Å². The van der Waals surface area contributed by atoms with Gasteiger partial charge in [-0.1, -0.05) is 24.3 Å². The third-order valence-electron chi connectivity index (χ3n) is 3.32. The fraction of sp³-hybridized carbons (Fsp3) is 0.0667. The molecule has 0 aliphatic carbocycles. The Kier molecular flexibility index (Phi) is 4.55. The third kappa shape index (κ3) is 4.25. The molecule has 128 valence electrons. The van der Waals surface area contributed by atoms with Crippen LogP contribution in [0.5, 0.6) is 0 Å². The summed E-state index contributed by atoms with van der Waals surface area (Å²) in [6, 6.07) is 13.3. The number of aromatic nitrogens is 4. The van der Waals surface area contributed by atoms with Crippen molar-refractivity contribution in [1.82, 2.24) is 20.2 Å². The van der Waals surface area contributed by atoms with Gasteiger partial charge in [-0.3, -0.25) is 4.79 Å².